The molecule has 2 rings (SSSR count). The minimum absolute atomic E-state index is 0.0172. The van der Waals surface area contributed by atoms with Crippen LogP contribution in [0.1, 0.15) is 73.6 Å². The van der Waals surface area contributed by atoms with Crippen molar-refractivity contribution in [1.29, 1.82) is 0 Å². The number of carbonyl (C=O) groups excluding carboxylic acids is 3. The molecule has 1 aliphatic carbocycles. The van der Waals surface area contributed by atoms with Gasteiger partial charge >= 0.3 is 12.1 Å². The SMILES string of the molecule is CC(C)(C)CC(NC(=O)OC(C)(C)C)C(=O)NC(C[C@@H]1CC2(CC2)NC1=O)C(=O)O. The van der Waals surface area contributed by atoms with E-state index in [1.165, 1.54) is 0 Å². The van der Waals surface area contributed by atoms with Gasteiger partial charge in [-0.25, -0.2) is 9.59 Å². The number of aliphatic carboxylic acids is 1. The lowest BCUT2D eigenvalue weighted by molar-refractivity contribution is -0.143. The van der Waals surface area contributed by atoms with Gasteiger partial charge in [0.05, 0.1) is 0 Å². The van der Waals surface area contributed by atoms with Crippen molar-refractivity contribution in [2.45, 2.75) is 96.9 Å². The molecule has 2 aliphatic rings. The Hall–Kier alpha value is -2.32. The highest BCUT2D eigenvalue weighted by Crippen LogP contribution is 2.46. The molecule has 0 aromatic rings. The van der Waals surface area contributed by atoms with Crippen molar-refractivity contribution in [1.82, 2.24) is 16.0 Å². The zero-order chi connectivity index (χ0) is 22.9. The first-order valence-electron chi connectivity index (χ1n) is 10.4. The van der Waals surface area contributed by atoms with Gasteiger partial charge in [0.25, 0.3) is 0 Å². The highest BCUT2D eigenvalue weighted by Gasteiger charge is 2.52. The molecular weight excluding hydrogens is 390 g/mol. The molecule has 1 heterocycles. The van der Waals surface area contributed by atoms with Gasteiger partial charge in [0, 0.05) is 11.5 Å². The summed E-state index contributed by atoms with van der Waals surface area (Å²) < 4.78 is 5.24. The molecule has 1 saturated heterocycles. The molecule has 1 saturated carbocycles. The average Bonchev–Trinajstić information content (AvgIpc) is 3.20. The molecular formula is C21H35N3O6. The van der Waals surface area contributed by atoms with Gasteiger partial charge in [0.1, 0.15) is 17.7 Å². The Morgan fingerprint density at radius 2 is 1.73 bits per heavy atom. The van der Waals surface area contributed by atoms with Gasteiger partial charge in [-0.2, -0.15) is 0 Å². The number of alkyl carbamates (subject to hydrolysis) is 1. The van der Waals surface area contributed by atoms with Crippen molar-refractivity contribution in [3.63, 3.8) is 0 Å². The first-order valence-corrected chi connectivity index (χ1v) is 10.4. The van der Waals surface area contributed by atoms with Crippen molar-refractivity contribution in [3.05, 3.63) is 0 Å². The van der Waals surface area contributed by atoms with E-state index in [0.717, 1.165) is 12.8 Å². The van der Waals surface area contributed by atoms with Gasteiger partial charge in [-0.1, -0.05) is 20.8 Å². The second kappa shape index (κ2) is 8.43. The van der Waals surface area contributed by atoms with Crippen molar-refractivity contribution in [2.75, 3.05) is 0 Å². The first-order chi connectivity index (χ1) is 13.6. The molecule has 2 fully saturated rings. The van der Waals surface area contributed by atoms with Gasteiger partial charge in [-0.05, 0) is 58.3 Å². The number of rotatable bonds is 7. The number of amides is 3. The summed E-state index contributed by atoms with van der Waals surface area (Å²) in [4.78, 5) is 49.0. The van der Waals surface area contributed by atoms with E-state index in [-0.39, 0.29) is 29.7 Å². The number of carboxylic acid groups (broad SMARTS) is 1. The highest BCUT2D eigenvalue weighted by molar-refractivity contribution is 5.90. The molecule has 0 radical (unpaired) electrons. The summed E-state index contributed by atoms with van der Waals surface area (Å²) in [5.74, 6) is -2.43. The lowest BCUT2D eigenvalue weighted by Crippen LogP contribution is -2.53. The van der Waals surface area contributed by atoms with Crippen LogP contribution in [0.2, 0.25) is 0 Å². The fourth-order valence-electron chi connectivity index (χ4n) is 3.70. The molecule has 3 atom stereocenters. The molecule has 0 aromatic carbocycles. The number of carboxylic acids is 1. The molecule has 2 unspecified atom stereocenters. The number of hydrogen-bond acceptors (Lipinski definition) is 5. The van der Waals surface area contributed by atoms with Crippen molar-refractivity contribution in [2.24, 2.45) is 11.3 Å². The molecule has 0 bridgehead atoms. The minimum Gasteiger partial charge on any atom is -0.480 e. The quantitative estimate of drug-likeness (QED) is 0.493. The van der Waals surface area contributed by atoms with E-state index in [2.05, 4.69) is 16.0 Å². The average molecular weight is 426 g/mol. The Bertz CT molecular complexity index is 703. The molecule has 0 aromatic heterocycles. The lowest BCUT2D eigenvalue weighted by atomic mass is 9.87. The van der Waals surface area contributed by atoms with Gasteiger partial charge in [-0.15, -0.1) is 0 Å². The number of nitrogens with one attached hydrogen (secondary N) is 3. The van der Waals surface area contributed by atoms with E-state index in [1.807, 2.05) is 20.8 Å². The summed E-state index contributed by atoms with van der Waals surface area (Å²) in [7, 11) is 0. The summed E-state index contributed by atoms with van der Waals surface area (Å²) in [6, 6.07) is -2.18. The predicted molar refractivity (Wildman–Crippen MR) is 110 cm³/mol. The van der Waals surface area contributed by atoms with Gasteiger partial charge in [0.15, 0.2) is 0 Å². The van der Waals surface area contributed by atoms with E-state index in [1.54, 1.807) is 20.8 Å². The van der Waals surface area contributed by atoms with Crippen molar-refractivity contribution in [3.8, 4) is 0 Å². The topological polar surface area (TPSA) is 134 Å². The maximum atomic E-state index is 12.9. The first kappa shape index (κ1) is 24.0. The summed E-state index contributed by atoms with van der Waals surface area (Å²) in [6.45, 7) is 10.9. The van der Waals surface area contributed by atoms with Crippen LogP contribution in [-0.2, 0) is 19.1 Å². The predicted octanol–water partition coefficient (Wildman–Crippen LogP) is 1.94. The Morgan fingerprint density at radius 3 is 2.17 bits per heavy atom. The molecule has 170 valence electrons. The molecule has 1 spiro atoms. The minimum atomic E-state index is -1.22. The van der Waals surface area contributed by atoms with E-state index in [0.29, 0.717) is 6.42 Å². The number of hydrogen-bond donors (Lipinski definition) is 4. The largest absolute Gasteiger partial charge is 0.480 e. The van der Waals surface area contributed by atoms with Crippen LogP contribution in [-0.4, -0.2) is 52.2 Å². The van der Waals surface area contributed by atoms with Crippen LogP contribution in [0.25, 0.3) is 0 Å². The Labute approximate surface area is 177 Å². The molecule has 1 aliphatic heterocycles. The fraction of sp³-hybridized carbons (Fsp3) is 0.810. The lowest BCUT2D eigenvalue weighted by Gasteiger charge is -2.28. The van der Waals surface area contributed by atoms with Crippen LogP contribution >= 0.6 is 0 Å². The fourth-order valence-corrected chi connectivity index (χ4v) is 3.70. The van der Waals surface area contributed by atoms with E-state index < -0.39 is 41.6 Å². The third-order valence-electron chi connectivity index (χ3n) is 5.21. The van der Waals surface area contributed by atoms with Crippen LogP contribution in [0.4, 0.5) is 4.79 Å². The molecule has 9 heteroatoms. The standard InChI is InChI=1S/C21H35N3O6/c1-19(2,3)11-14(23-18(29)30-20(4,5)6)16(26)22-13(17(27)28)9-12-10-21(7-8-21)24-15(12)25/h12-14H,7-11H2,1-6H3,(H,22,26)(H,23,29)(H,24,25)(H,27,28)/t12-,13?,14?/m1/s1. The van der Waals surface area contributed by atoms with Gasteiger partial charge in [0.2, 0.25) is 11.8 Å². The summed E-state index contributed by atoms with van der Waals surface area (Å²) >= 11 is 0. The van der Waals surface area contributed by atoms with Crippen LogP contribution in [0.3, 0.4) is 0 Å². The summed E-state index contributed by atoms with van der Waals surface area (Å²) in [5.41, 5.74) is -1.20. The number of carbonyl (C=O) groups is 4. The monoisotopic (exact) mass is 425 g/mol. The van der Waals surface area contributed by atoms with Crippen LogP contribution < -0.4 is 16.0 Å². The number of ether oxygens (including phenoxy) is 1. The Kier molecular flexibility index (Phi) is 6.73. The van der Waals surface area contributed by atoms with Crippen molar-refractivity contribution >= 4 is 23.9 Å². The Morgan fingerprint density at radius 1 is 1.13 bits per heavy atom. The molecule has 3 amide bonds. The van der Waals surface area contributed by atoms with Crippen molar-refractivity contribution < 1.29 is 29.0 Å². The third-order valence-corrected chi connectivity index (χ3v) is 5.21. The molecule has 9 nitrogen and oxygen atoms in total. The summed E-state index contributed by atoms with van der Waals surface area (Å²) in [6.07, 6.45) is 1.97. The second-order valence-corrected chi connectivity index (χ2v) is 10.8. The van der Waals surface area contributed by atoms with E-state index >= 15 is 0 Å². The second-order valence-electron chi connectivity index (χ2n) is 10.8. The van der Waals surface area contributed by atoms with E-state index in [9.17, 15) is 24.3 Å². The van der Waals surface area contributed by atoms with E-state index in [4.69, 9.17) is 4.74 Å². The normalized spacial score (nSPS) is 22.1. The maximum absolute atomic E-state index is 12.9. The zero-order valence-corrected chi connectivity index (χ0v) is 18.8. The van der Waals surface area contributed by atoms with Gasteiger partial charge < -0.3 is 25.8 Å². The summed E-state index contributed by atoms with van der Waals surface area (Å²) in [5, 5.41) is 17.6. The zero-order valence-electron chi connectivity index (χ0n) is 18.8. The van der Waals surface area contributed by atoms with Crippen LogP contribution in [0.5, 0.6) is 0 Å². The molecule has 4 N–H and O–H groups in total. The third kappa shape index (κ3) is 7.18. The van der Waals surface area contributed by atoms with Crippen LogP contribution in [0.15, 0.2) is 0 Å². The highest BCUT2D eigenvalue weighted by atomic mass is 16.6. The maximum Gasteiger partial charge on any atom is 0.408 e. The smallest absolute Gasteiger partial charge is 0.408 e. The Balaban J connectivity index is 2.05. The van der Waals surface area contributed by atoms with Crippen LogP contribution in [0, 0.1) is 11.3 Å². The molecule has 30 heavy (non-hydrogen) atoms. The van der Waals surface area contributed by atoms with Gasteiger partial charge in [-0.3, -0.25) is 9.59 Å².